The van der Waals surface area contributed by atoms with E-state index in [-0.39, 0.29) is 5.82 Å². The summed E-state index contributed by atoms with van der Waals surface area (Å²) in [7, 11) is 0. The van der Waals surface area contributed by atoms with Crippen molar-refractivity contribution in [2.24, 2.45) is 0 Å². The van der Waals surface area contributed by atoms with Crippen LogP contribution in [0.1, 0.15) is 55.5 Å². The second kappa shape index (κ2) is 7.40. The zero-order chi connectivity index (χ0) is 24.6. The summed E-state index contributed by atoms with van der Waals surface area (Å²) in [6.45, 7) is 27.0. The Morgan fingerprint density at radius 3 is 1.41 bits per heavy atom. The van der Waals surface area contributed by atoms with Crippen molar-refractivity contribution in [2.75, 3.05) is 0 Å². The van der Waals surface area contributed by atoms with Crippen LogP contribution >= 0.6 is 0 Å². The first-order valence-corrected chi connectivity index (χ1v) is 11.6. The molecule has 5 aromatic carbocycles. The van der Waals surface area contributed by atoms with Gasteiger partial charge in [0.15, 0.2) is 0 Å². The lowest BCUT2D eigenvalue weighted by Crippen LogP contribution is -1.99. The van der Waals surface area contributed by atoms with Gasteiger partial charge in [0.2, 0.25) is 0 Å². The third-order valence-corrected chi connectivity index (χ3v) is 7.09. The average molecular weight is 445 g/mol. The van der Waals surface area contributed by atoms with Gasteiger partial charge in [-0.1, -0.05) is 78.9 Å². The van der Waals surface area contributed by atoms with Crippen LogP contribution in [-0.4, -0.2) is 0 Å². The lowest BCUT2D eigenvalue weighted by atomic mass is 9.80. The smallest absolute Gasteiger partial charge is 0.132 e. The van der Waals surface area contributed by atoms with Crippen LogP contribution in [0.25, 0.3) is 65.4 Å². The largest absolute Gasteiger partial charge is 0.206 e. The van der Waals surface area contributed by atoms with E-state index in [1.54, 1.807) is 6.07 Å². The maximum atomic E-state index is 16.0. The molecule has 168 valence electrons. The fourth-order valence-corrected chi connectivity index (χ4v) is 5.64. The summed E-state index contributed by atoms with van der Waals surface area (Å²) >= 11 is 0. The highest BCUT2D eigenvalue weighted by Crippen LogP contribution is 2.48. The molecule has 0 aliphatic rings. The molecule has 0 saturated carbocycles. The van der Waals surface area contributed by atoms with Crippen molar-refractivity contribution in [3.05, 3.63) is 96.3 Å². The van der Waals surface area contributed by atoms with Crippen molar-refractivity contribution >= 4 is 65.4 Å². The maximum Gasteiger partial charge on any atom is 0.132 e. The molecule has 0 aliphatic carbocycles. The Balaban J connectivity index is 2.25. The molecule has 0 N–H and O–H groups in total. The van der Waals surface area contributed by atoms with E-state index in [4.69, 9.17) is 0 Å². The van der Waals surface area contributed by atoms with Gasteiger partial charge in [0.1, 0.15) is 5.82 Å². The summed E-state index contributed by atoms with van der Waals surface area (Å²) in [5.41, 5.74) is 8.96. The number of benzene rings is 5. The van der Waals surface area contributed by atoms with Crippen molar-refractivity contribution in [3.8, 4) is 0 Å². The van der Waals surface area contributed by atoms with Gasteiger partial charge >= 0.3 is 0 Å². The van der Waals surface area contributed by atoms with Crippen LogP contribution in [0.15, 0.2) is 62.7 Å². The van der Waals surface area contributed by atoms with E-state index in [9.17, 15) is 0 Å². The number of rotatable bonds is 4. The molecule has 0 radical (unpaired) electrons. The van der Waals surface area contributed by atoms with Crippen LogP contribution in [-0.2, 0) is 0 Å². The molecule has 0 aliphatic heterocycles. The van der Waals surface area contributed by atoms with Gasteiger partial charge in [0, 0.05) is 10.8 Å². The Labute approximate surface area is 200 Å². The summed E-state index contributed by atoms with van der Waals surface area (Å²) in [6.07, 6.45) is 0. The molecule has 5 aromatic rings. The topological polar surface area (TPSA) is 0 Å². The van der Waals surface area contributed by atoms with Crippen LogP contribution in [0.3, 0.4) is 0 Å². The van der Waals surface area contributed by atoms with Crippen LogP contribution in [0, 0.1) is 12.7 Å². The van der Waals surface area contributed by atoms with Crippen LogP contribution < -0.4 is 0 Å². The van der Waals surface area contributed by atoms with E-state index in [0.29, 0.717) is 5.39 Å². The molecule has 0 fully saturated rings. The molecule has 1 heteroatoms. The highest BCUT2D eigenvalue weighted by molar-refractivity contribution is 6.36. The standard InChI is InChI=1S/C33H29F/c1-16(2)21-11-13-24-31-27(34)15-26(19(7)8)30-22(17(3)4)10-12-23(33(30)31)28-20(9)14-25(18(5)6)29(21)32(24)28/h10-15H,1,3,5,7H2,2,4,6,8-9H3. The van der Waals surface area contributed by atoms with Crippen molar-refractivity contribution in [1.29, 1.82) is 0 Å². The van der Waals surface area contributed by atoms with E-state index < -0.39 is 0 Å². The lowest BCUT2D eigenvalue weighted by Gasteiger charge is -2.23. The van der Waals surface area contributed by atoms with Gasteiger partial charge in [-0.3, -0.25) is 0 Å². The van der Waals surface area contributed by atoms with Gasteiger partial charge in [0.25, 0.3) is 0 Å². The normalized spacial score (nSPS) is 11.7. The summed E-state index contributed by atoms with van der Waals surface area (Å²) < 4.78 is 16.0. The molecule has 0 bridgehead atoms. The number of allylic oxidation sites excluding steroid dienone is 4. The van der Waals surface area contributed by atoms with Gasteiger partial charge in [-0.05, 0) is 101 Å². The predicted molar refractivity (Wildman–Crippen MR) is 151 cm³/mol. The Morgan fingerprint density at radius 1 is 0.529 bits per heavy atom. The highest BCUT2D eigenvalue weighted by Gasteiger charge is 2.24. The van der Waals surface area contributed by atoms with Gasteiger partial charge in [-0.25, -0.2) is 4.39 Å². The molecule has 0 heterocycles. The first-order valence-electron chi connectivity index (χ1n) is 11.6. The minimum absolute atomic E-state index is 0.223. The predicted octanol–water partition coefficient (Wildman–Crippen LogP) is 10.3. The Kier molecular flexibility index (Phi) is 4.81. The fraction of sp³-hybridized carbons (Fsp3) is 0.152. The van der Waals surface area contributed by atoms with Gasteiger partial charge in [-0.2, -0.15) is 0 Å². The molecule has 34 heavy (non-hydrogen) atoms. The zero-order valence-electron chi connectivity index (χ0n) is 20.7. The SMILES string of the molecule is C=C(C)c1ccc2c3c(F)cc(C(=C)C)c4c(C(=C)C)ccc(c5c(C)cc(C(=C)C)c1c25)c43. The Morgan fingerprint density at radius 2 is 0.941 bits per heavy atom. The molecule has 5 rings (SSSR count). The Hall–Kier alpha value is -3.71. The van der Waals surface area contributed by atoms with Crippen LogP contribution in [0.4, 0.5) is 4.39 Å². The van der Waals surface area contributed by atoms with E-state index in [1.807, 2.05) is 27.7 Å². The average Bonchev–Trinajstić information content (AvgIpc) is 2.77. The molecular weight excluding hydrogens is 415 g/mol. The summed E-state index contributed by atoms with van der Waals surface area (Å²) in [6, 6.07) is 12.3. The quantitative estimate of drug-likeness (QED) is 0.191. The van der Waals surface area contributed by atoms with Crippen molar-refractivity contribution < 1.29 is 4.39 Å². The van der Waals surface area contributed by atoms with Gasteiger partial charge in [0.05, 0.1) is 0 Å². The number of hydrogen-bond acceptors (Lipinski definition) is 0. The third kappa shape index (κ3) is 2.83. The molecule has 0 unspecified atom stereocenters. The number of fused-ring (bicyclic) bond motifs is 2. The Bertz CT molecular complexity index is 1630. The molecule has 0 spiro atoms. The van der Waals surface area contributed by atoms with E-state index >= 15 is 4.39 Å². The third-order valence-electron chi connectivity index (χ3n) is 7.09. The summed E-state index contributed by atoms with van der Waals surface area (Å²) in [5.74, 6) is -0.223. The van der Waals surface area contributed by atoms with E-state index in [2.05, 4.69) is 63.6 Å². The zero-order valence-corrected chi connectivity index (χ0v) is 20.7. The first kappa shape index (κ1) is 22.1. The monoisotopic (exact) mass is 444 g/mol. The van der Waals surface area contributed by atoms with E-state index in [0.717, 1.165) is 87.8 Å². The summed E-state index contributed by atoms with van der Waals surface area (Å²) in [4.78, 5) is 0. The van der Waals surface area contributed by atoms with E-state index in [1.165, 1.54) is 0 Å². The minimum atomic E-state index is -0.223. The van der Waals surface area contributed by atoms with Crippen molar-refractivity contribution in [2.45, 2.75) is 34.6 Å². The van der Waals surface area contributed by atoms with Crippen molar-refractivity contribution in [1.82, 2.24) is 0 Å². The lowest BCUT2D eigenvalue weighted by molar-refractivity contribution is 0.640. The molecule has 0 atom stereocenters. The molecule has 0 amide bonds. The second-order valence-electron chi connectivity index (χ2n) is 9.84. The fourth-order valence-electron chi connectivity index (χ4n) is 5.64. The molecule has 0 nitrogen and oxygen atoms in total. The number of halogens is 1. The molecular formula is C33H29F. The van der Waals surface area contributed by atoms with Gasteiger partial charge < -0.3 is 0 Å². The molecule has 0 aromatic heterocycles. The van der Waals surface area contributed by atoms with Crippen LogP contribution in [0.5, 0.6) is 0 Å². The number of hydrogen-bond donors (Lipinski definition) is 0. The molecule has 0 saturated heterocycles. The van der Waals surface area contributed by atoms with Crippen LogP contribution in [0.2, 0.25) is 0 Å². The minimum Gasteiger partial charge on any atom is -0.206 e. The van der Waals surface area contributed by atoms with Crippen molar-refractivity contribution in [3.63, 3.8) is 0 Å². The van der Waals surface area contributed by atoms with Gasteiger partial charge in [-0.15, -0.1) is 0 Å². The highest BCUT2D eigenvalue weighted by atomic mass is 19.1. The maximum absolute atomic E-state index is 16.0. The number of aryl methyl sites for hydroxylation is 1. The first-order chi connectivity index (χ1) is 16.0. The summed E-state index contributed by atoms with van der Waals surface area (Å²) in [5, 5.41) is 7.94. The second-order valence-corrected chi connectivity index (χ2v) is 9.84.